The summed E-state index contributed by atoms with van der Waals surface area (Å²) in [5.41, 5.74) is 3.35. The highest BCUT2D eigenvalue weighted by atomic mass is 16.6. The minimum Gasteiger partial charge on any atom is -0.444 e. The van der Waals surface area contributed by atoms with E-state index in [1.54, 1.807) is 0 Å². The first-order valence-electron chi connectivity index (χ1n) is 5.22. The highest BCUT2D eigenvalue weighted by Gasteiger charge is 2.15. The van der Waals surface area contributed by atoms with Gasteiger partial charge in [0.2, 0.25) is 0 Å². The van der Waals surface area contributed by atoms with Crippen molar-refractivity contribution in [3.8, 4) is 0 Å². The van der Waals surface area contributed by atoms with Gasteiger partial charge in [0.05, 0.1) is 6.54 Å². The molecule has 84 valence electrons. The van der Waals surface area contributed by atoms with Crippen molar-refractivity contribution in [3.63, 3.8) is 0 Å². The zero-order valence-electron chi connectivity index (χ0n) is 9.56. The average Bonchev–Trinajstić information content (AvgIpc) is 2.00. The molecule has 0 aromatic carbocycles. The molecule has 0 aromatic rings. The molecule has 0 aliphatic carbocycles. The smallest absolute Gasteiger partial charge is 0.407 e. The second-order valence-corrected chi connectivity index (χ2v) is 4.34. The molecule has 0 saturated heterocycles. The number of carbonyl (C=O) groups excluding carboxylic acids is 1. The molecule has 0 saturated carbocycles. The summed E-state index contributed by atoms with van der Waals surface area (Å²) >= 11 is 0. The van der Waals surface area contributed by atoms with Crippen molar-refractivity contribution in [3.05, 3.63) is 0 Å². The van der Waals surface area contributed by atoms with E-state index in [0.29, 0.717) is 6.54 Å². The van der Waals surface area contributed by atoms with E-state index in [2.05, 4.69) is 11.1 Å². The van der Waals surface area contributed by atoms with Crippen LogP contribution in [0.5, 0.6) is 0 Å². The molecular weight excluding hydrogens is 180 g/mol. The predicted molar refractivity (Wildman–Crippen MR) is 55.8 cm³/mol. The summed E-state index contributed by atoms with van der Waals surface area (Å²) in [6.45, 7) is 7.22. The number of hydrogen-bond acceptors (Lipinski definition) is 2. The van der Waals surface area contributed by atoms with E-state index in [1.807, 2.05) is 20.8 Å². The molecule has 0 spiro atoms. The number of amides is 1. The Morgan fingerprint density at radius 2 is 1.93 bits per heavy atom. The van der Waals surface area contributed by atoms with Crippen molar-refractivity contribution >= 4 is 6.09 Å². The van der Waals surface area contributed by atoms with Crippen LogP contribution >= 0.6 is 0 Å². The van der Waals surface area contributed by atoms with Crippen LogP contribution in [-0.2, 0) is 4.74 Å². The predicted octanol–water partition coefficient (Wildman–Crippen LogP) is 0.923. The maximum atomic E-state index is 11.1. The van der Waals surface area contributed by atoms with E-state index in [4.69, 9.17) is 4.74 Å². The first-order chi connectivity index (χ1) is 6.45. The number of nitrogens with one attached hydrogen (secondary N) is 1. The Morgan fingerprint density at radius 1 is 1.29 bits per heavy atom. The Kier molecular flexibility index (Phi) is 6.28. The van der Waals surface area contributed by atoms with E-state index in [1.165, 1.54) is 0 Å². The highest BCUT2D eigenvalue weighted by molar-refractivity contribution is 5.67. The van der Waals surface area contributed by atoms with Crippen molar-refractivity contribution in [2.75, 3.05) is 13.1 Å². The summed E-state index contributed by atoms with van der Waals surface area (Å²) in [5.74, 6) is 0. The highest BCUT2D eigenvalue weighted by Crippen LogP contribution is 2.06. The SMILES string of the molecule is CC(C)(C)OC(=O)NCCCCC[NH3+]. The lowest BCUT2D eigenvalue weighted by atomic mass is 10.2. The molecular formula is C10H23N2O2+. The van der Waals surface area contributed by atoms with Crippen LogP contribution in [-0.4, -0.2) is 24.8 Å². The molecule has 4 nitrogen and oxygen atoms in total. The summed E-state index contributed by atoms with van der Waals surface area (Å²) in [6, 6.07) is 0. The van der Waals surface area contributed by atoms with Crippen LogP contribution in [0.15, 0.2) is 0 Å². The van der Waals surface area contributed by atoms with Gasteiger partial charge in [-0.05, 0) is 40.0 Å². The van der Waals surface area contributed by atoms with E-state index in [-0.39, 0.29) is 6.09 Å². The van der Waals surface area contributed by atoms with Gasteiger partial charge >= 0.3 is 6.09 Å². The molecule has 0 atom stereocenters. The fourth-order valence-corrected chi connectivity index (χ4v) is 0.983. The monoisotopic (exact) mass is 203 g/mol. The topological polar surface area (TPSA) is 66.0 Å². The van der Waals surface area contributed by atoms with Gasteiger partial charge < -0.3 is 15.8 Å². The molecule has 0 heterocycles. The number of ether oxygens (including phenoxy) is 1. The Labute approximate surface area is 86.2 Å². The minimum atomic E-state index is -0.405. The van der Waals surface area contributed by atoms with Gasteiger partial charge in [0.25, 0.3) is 0 Å². The molecule has 0 radical (unpaired) electrons. The second kappa shape index (κ2) is 6.65. The van der Waals surface area contributed by atoms with Gasteiger partial charge in [-0.1, -0.05) is 0 Å². The van der Waals surface area contributed by atoms with Crippen LogP contribution in [0.4, 0.5) is 4.79 Å². The third-order valence-electron chi connectivity index (χ3n) is 1.59. The molecule has 0 fully saturated rings. The summed E-state index contributed by atoms with van der Waals surface area (Å²) in [6.07, 6.45) is 2.90. The minimum absolute atomic E-state index is 0.327. The van der Waals surface area contributed by atoms with Crippen molar-refractivity contribution < 1.29 is 15.3 Å². The zero-order valence-corrected chi connectivity index (χ0v) is 9.56. The molecule has 0 unspecified atom stereocenters. The third-order valence-corrected chi connectivity index (χ3v) is 1.59. The van der Waals surface area contributed by atoms with E-state index in [0.717, 1.165) is 25.8 Å². The summed E-state index contributed by atoms with van der Waals surface area (Å²) in [4.78, 5) is 11.1. The normalized spacial score (nSPS) is 11.1. The molecule has 14 heavy (non-hydrogen) atoms. The average molecular weight is 203 g/mol. The second-order valence-electron chi connectivity index (χ2n) is 4.34. The van der Waals surface area contributed by atoms with Crippen molar-refractivity contribution in [1.29, 1.82) is 0 Å². The van der Waals surface area contributed by atoms with Gasteiger partial charge in [-0.2, -0.15) is 0 Å². The van der Waals surface area contributed by atoms with Gasteiger partial charge in [0.1, 0.15) is 5.60 Å². The molecule has 0 rings (SSSR count). The standard InChI is InChI=1S/C10H22N2O2/c1-10(2,3)14-9(13)12-8-6-4-5-7-11/h4-8,11H2,1-3H3,(H,12,13)/p+1. The number of unbranched alkanes of at least 4 members (excludes halogenated alkanes) is 2. The number of alkyl carbamates (subject to hydrolysis) is 1. The zero-order chi connectivity index (χ0) is 11.0. The Bertz CT molecular complexity index is 164. The molecule has 4 heteroatoms. The molecule has 0 aromatic heterocycles. The van der Waals surface area contributed by atoms with E-state index in [9.17, 15) is 4.79 Å². The first-order valence-corrected chi connectivity index (χ1v) is 5.22. The maximum Gasteiger partial charge on any atom is 0.407 e. The summed E-state index contributed by atoms with van der Waals surface area (Å²) in [5, 5.41) is 2.72. The Morgan fingerprint density at radius 3 is 2.43 bits per heavy atom. The number of quaternary nitrogens is 1. The van der Waals surface area contributed by atoms with Gasteiger partial charge in [0, 0.05) is 6.54 Å². The molecule has 4 N–H and O–H groups in total. The molecule has 1 amide bonds. The van der Waals surface area contributed by atoms with Gasteiger partial charge in [-0.25, -0.2) is 4.79 Å². The third kappa shape index (κ3) is 9.32. The van der Waals surface area contributed by atoms with Crippen LogP contribution < -0.4 is 11.1 Å². The molecule has 0 bridgehead atoms. The quantitative estimate of drug-likeness (QED) is 0.653. The number of hydrogen-bond donors (Lipinski definition) is 2. The van der Waals surface area contributed by atoms with Crippen LogP contribution in [0.2, 0.25) is 0 Å². The maximum absolute atomic E-state index is 11.1. The van der Waals surface area contributed by atoms with Gasteiger partial charge in [-0.15, -0.1) is 0 Å². The number of carbonyl (C=O) groups is 1. The van der Waals surface area contributed by atoms with Crippen LogP contribution in [0.25, 0.3) is 0 Å². The molecule has 0 aliphatic rings. The fraction of sp³-hybridized carbons (Fsp3) is 0.900. The molecule has 0 aliphatic heterocycles. The first kappa shape index (κ1) is 13.2. The Hall–Kier alpha value is -0.770. The van der Waals surface area contributed by atoms with Crippen molar-refractivity contribution in [2.24, 2.45) is 0 Å². The van der Waals surface area contributed by atoms with E-state index >= 15 is 0 Å². The Balaban J connectivity index is 3.36. The summed E-state index contributed by atoms with van der Waals surface area (Å²) in [7, 11) is 0. The van der Waals surface area contributed by atoms with E-state index < -0.39 is 5.60 Å². The van der Waals surface area contributed by atoms with Gasteiger partial charge in [0.15, 0.2) is 0 Å². The lowest BCUT2D eigenvalue weighted by Gasteiger charge is -2.19. The fourth-order valence-electron chi connectivity index (χ4n) is 0.983. The van der Waals surface area contributed by atoms with Gasteiger partial charge in [-0.3, -0.25) is 0 Å². The van der Waals surface area contributed by atoms with Crippen molar-refractivity contribution in [1.82, 2.24) is 5.32 Å². The van der Waals surface area contributed by atoms with Crippen LogP contribution in [0.1, 0.15) is 40.0 Å². The van der Waals surface area contributed by atoms with Crippen LogP contribution in [0.3, 0.4) is 0 Å². The summed E-state index contributed by atoms with van der Waals surface area (Å²) < 4.78 is 5.08. The number of rotatable bonds is 5. The lowest BCUT2D eigenvalue weighted by Crippen LogP contribution is -2.50. The van der Waals surface area contributed by atoms with Crippen LogP contribution in [0, 0.1) is 0 Å². The largest absolute Gasteiger partial charge is 0.444 e. The lowest BCUT2D eigenvalue weighted by molar-refractivity contribution is -0.368. The van der Waals surface area contributed by atoms with Crippen molar-refractivity contribution in [2.45, 2.75) is 45.6 Å².